The fourth-order valence-corrected chi connectivity index (χ4v) is 7.24. The van der Waals surface area contributed by atoms with E-state index in [2.05, 4.69) is 42.4 Å². The molecule has 0 radical (unpaired) electrons. The second-order valence-corrected chi connectivity index (χ2v) is 15.4. The molecule has 2 fully saturated rings. The molecule has 0 bridgehead atoms. The van der Waals surface area contributed by atoms with E-state index in [-0.39, 0.29) is 29.2 Å². The van der Waals surface area contributed by atoms with Crippen molar-refractivity contribution in [3.8, 4) is 22.4 Å². The highest BCUT2D eigenvalue weighted by Crippen LogP contribution is 2.24. The minimum atomic E-state index is -2.88. The minimum absolute atomic E-state index is 0.00194. The quantitative estimate of drug-likeness (QED) is 0.182. The molecule has 3 aromatic carbocycles. The van der Waals surface area contributed by atoms with Crippen LogP contribution >= 0.6 is 0 Å². The van der Waals surface area contributed by atoms with Crippen LogP contribution in [0.3, 0.4) is 0 Å². The van der Waals surface area contributed by atoms with Crippen LogP contribution in [0.1, 0.15) is 56.5 Å². The second kappa shape index (κ2) is 19.7. The number of alkyl carbamates (subject to hydrolysis) is 1. The van der Waals surface area contributed by atoms with Crippen molar-refractivity contribution in [1.82, 2.24) is 25.1 Å². The normalized spacial score (nSPS) is 15.6. The van der Waals surface area contributed by atoms with Gasteiger partial charge >= 0.3 is 6.09 Å². The first-order valence-corrected chi connectivity index (χ1v) is 20.0. The van der Waals surface area contributed by atoms with E-state index in [0.717, 1.165) is 59.6 Å². The number of likely N-dealkylation sites (tertiary alicyclic amines) is 1. The Hall–Kier alpha value is -5.01. The average molecular weight is 745 g/mol. The van der Waals surface area contributed by atoms with Crippen molar-refractivity contribution >= 4 is 33.4 Å². The number of aromatic nitrogens is 2. The third kappa shape index (κ3) is 12.0. The lowest BCUT2D eigenvalue weighted by molar-refractivity contribution is -0.133. The van der Waals surface area contributed by atoms with Gasteiger partial charge in [-0.05, 0) is 65.3 Å². The summed E-state index contributed by atoms with van der Waals surface area (Å²) in [6.45, 7) is 11.2. The summed E-state index contributed by atoms with van der Waals surface area (Å²) in [4.78, 5) is 47.0. The molecule has 53 heavy (non-hydrogen) atoms. The molecule has 0 aliphatic carbocycles. The zero-order chi connectivity index (χ0) is 38.4. The summed E-state index contributed by atoms with van der Waals surface area (Å²) in [6.07, 6.45) is 5.00. The van der Waals surface area contributed by atoms with E-state index in [1.54, 1.807) is 17.4 Å². The van der Waals surface area contributed by atoms with Gasteiger partial charge in [0.1, 0.15) is 6.04 Å². The van der Waals surface area contributed by atoms with Crippen LogP contribution in [-0.2, 0) is 25.9 Å². The largest absolute Gasteiger partial charge is 0.453 e. The van der Waals surface area contributed by atoms with Gasteiger partial charge in [-0.25, -0.2) is 18.2 Å². The molecule has 0 spiro atoms. The lowest BCUT2D eigenvalue weighted by atomic mass is 10.0. The lowest BCUT2D eigenvalue weighted by Gasteiger charge is -2.26. The Labute approximate surface area is 313 Å². The molecule has 2 saturated heterocycles. The molecule has 284 valence electrons. The molecule has 1 atom stereocenters. The summed E-state index contributed by atoms with van der Waals surface area (Å²) in [7, 11) is -1.58. The fraction of sp³-hybridized carbons (Fsp3) is 0.400. The number of aromatic amines is 1. The third-order valence-electron chi connectivity index (χ3n) is 9.04. The monoisotopic (exact) mass is 744 g/mol. The summed E-state index contributed by atoms with van der Waals surface area (Å²) < 4.78 is 27.7. The van der Waals surface area contributed by atoms with Crippen LogP contribution in [0, 0.1) is 5.92 Å². The van der Waals surface area contributed by atoms with Gasteiger partial charge in [-0.15, -0.1) is 0 Å². The maximum absolute atomic E-state index is 12.7. The Morgan fingerprint density at radius 2 is 1.40 bits per heavy atom. The molecule has 13 heteroatoms. The fourth-order valence-electron chi connectivity index (χ4n) is 5.97. The Kier molecular flexibility index (Phi) is 15.2. The van der Waals surface area contributed by atoms with Gasteiger partial charge in [0.2, 0.25) is 5.91 Å². The second-order valence-electron chi connectivity index (χ2n) is 13.1. The smallest absolute Gasteiger partial charge is 0.407 e. The number of benzene rings is 3. The third-order valence-corrected chi connectivity index (χ3v) is 10.6. The van der Waals surface area contributed by atoms with Gasteiger partial charge in [-0.2, -0.15) is 0 Å². The predicted octanol–water partition coefficient (Wildman–Crippen LogP) is 6.24. The minimum Gasteiger partial charge on any atom is -0.453 e. The van der Waals surface area contributed by atoms with Gasteiger partial charge in [0, 0.05) is 44.0 Å². The topological polar surface area (TPSA) is 154 Å². The molecule has 2 aliphatic heterocycles. The van der Waals surface area contributed by atoms with Crippen molar-refractivity contribution in [3.05, 3.63) is 96.4 Å². The molecule has 3 amide bonds. The number of sulfone groups is 1. The van der Waals surface area contributed by atoms with Crippen molar-refractivity contribution in [1.29, 1.82) is 0 Å². The highest BCUT2D eigenvalue weighted by molar-refractivity contribution is 7.91. The van der Waals surface area contributed by atoms with Gasteiger partial charge in [0.05, 0.1) is 36.8 Å². The highest BCUT2D eigenvalue weighted by atomic mass is 32.2. The molecule has 2 aliphatic rings. The maximum Gasteiger partial charge on any atom is 0.407 e. The first kappa shape index (κ1) is 40.8. The summed E-state index contributed by atoms with van der Waals surface area (Å²) >= 11 is 0. The van der Waals surface area contributed by atoms with Gasteiger partial charge in [-0.1, -0.05) is 76.2 Å². The van der Waals surface area contributed by atoms with Crippen molar-refractivity contribution < 1.29 is 27.5 Å². The van der Waals surface area contributed by atoms with Gasteiger partial charge in [-0.3, -0.25) is 14.5 Å². The molecule has 6 rings (SSSR count). The Balaban J connectivity index is 0.000000293. The number of anilines is 1. The lowest BCUT2D eigenvalue weighted by Crippen LogP contribution is -2.50. The number of H-pyrrole nitrogens is 1. The summed E-state index contributed by atoms with van der Waals surface area (Å²) in [5, 5.41) is 5.53. The molecule has 1 unspecified atom stereocenters. The van der Waals surface area contributed by atoms with E-state index < -0.39 is 22.0 Å². The summed E-state index contributed by atoms with van der Waals surface area (Å²) in [5.41, 5.74) is 6.54. The number of nitrogens with one attached hydrogen (secondary N) is 3. The van der Waals surface area contributed by atoms with Crippen LogP contribution in [0.15, 0.2) is 85.3 Å². The number of hydrogen-bond acceptors (Lipinski definition) is 8. The SMILES string of the molecule is CC.COC(=O)NC(C(=O)N1CCCC1)C(C)C.O=C(Nc1ccc(CN2CCS(=O)(=O)CC2)cc1)c1ccc(-c2ccc(-c3cnc[nH]3)cc2)cc1. The maximum atomic E-state index is 12.7. The van der Waals surface area contributed by atoms with Crippen molar-refractivity contribution in [2.24, 2.45) is 5.92 Å². The number of methoxy groups -OCH3 is 1. The molecular weight excluding hydrogens is 693 g/mol. The Morgan fingerprint density at radius 1 is 0.830 bits per heavy atom. The molecule has 0 saturated carbocycles. The average Bonchev–Trinajstić information content (AvgIpc) is 3.93. The number of nitrogens with zero attached hydrogens (tertiary/aromatic N) is 3. The van der Waals surface area contributed by atoms with Crippen LogP contribution in [0.5, 0.6) is 0 Å². The van der Waals surface area contributed by atoms with E-state index >= 15 is 0 Å². The molecule has 12 nitrogen and oxygen atoms in total. The van der Waals surface area contributed by atoms with E-state index in [4.69, 9.17) is 0 Å². The van der Waals surface area contributed by atoms with Crippen molar-refractivity contribution in [3.63, 3.8) is 0 Å². The van der Waals surface area contributed by atoms with E-state index in [0.29, 0.717) is 25.2 Å². The molecule has 3 heterocycles. The van der Waals surface area contributed by atoms with Gasteiger partial charge in [0.15, 0.2) is 9.84 Å². The molecule has 1 aromatic heterocycles. The van der Waals surface area contributed by atoms with Crippen LogP contribution < -0.4 is 10.6 Å². The highest BCUT2D eigenvalue weighted by Gasteiger charge is 2.30. The Bertz CT molecular complexity index is 1840. The Morgan fingerprint density at radius 3 is 1.92 bits per heavy atom. The van der Waals surface area contributed by atoms with Crippen LogP contribution in [0.4, 0.5) is 10.5 Å². The number of imidazole rings is 1. The van der Waals surface area contributed by atoms with Crippen molar-refractivity contribution in [2.45, 2.75) is 53.1 Å². The number of carbonyl (C=O) groups excluding carboxylic acids is 3. The zero-order valence-electron chi connectivity index (χ0n) is 31.3. The van der Waals surface area contributed by atoms with Gasteiger partial charge in [0.25, 0.3) is 5.91 Å². The van der Waals surface area contributed by atoms with Crippen LogP contribution in [-0.4, -0.2) is 96.9 Å². The standard InChI is InChI=1S/C27H26N4O3S.C11H20N2O3.C2H6/c32-27(30-25-11-1-20(2-12-25)18-31-13-15-35(33,34)16-14-31)24-9-5-22(6-10-24)21-3-7-23(8-4-21)26-17-28-19-29-26;1-8(2)9(12-11(15)16-3)10(14)13-6-4-5-7-13;1-2/h1-12,17,19H,13-16,18H2,(H,28,29)(H,30,32);8-9H,4-7H2,1-3H3,(H,12,15);1-2H3. The first-order valence-electron chi connectivity index (χ1n) is 18.2. The number of hydrogen-bond donors (Lipinski definition) is 3. The van der Waals surface area contributed by atoms with E-state index in [1.807, 2.05) is 88.4 Å². The van der Waals surface area contributed by atoms with E-state index in [1.165, 1.54) is 7.11 Å². The van der Waals surface area contributed by atoms with Crippen LogP contribution in [0.2, 0.25) is 0 Å². The first-order chi connectivity index (χ1) is 25.5. The van der Waals surface area contributed by atoms with Crippen LogP contribution in [0.25, 0.3) is 22.4 Å². The number of ether oxygens (including phenoxy) is 1. The number of carbonyl (C=O) groups is 3. The molecule has 4 aromatic rings. The molecular formula is C40H52N6O6S. The summed E-state index contributed by atoms with van der Waals surface area (Å²) in [5.74, 6) is 0.331. The summed E-state index contributed by atoms with van der Waals surface area (Å²) in [6, 6.07) is 22.9. The zero-order valence-corrected chi connectivity index (χ0v) is 32.1. The number of amides is 3. The van der Waals surface area contributed by atoms with Crippen molar-refractivity contribution in [2.75, 3.05) is 50.1 Å². The molecule has 3 N–H and O–H groups in total. The van der Waals surface area contributed by atoms with Gasteiger partial charge < -0.3 is 25.3 Å². The predicted molar refractivity (Wildman–Crippen MR) is 209 cm³/mol. The number of rotatable bonds is 9. The van der Waals surface area contributed by atoms with E-state index in [9.17, 15) is 22.8 Å².